The number of hydrogen-bond donors (Lipinski definition) is 1. The lowest BCUT2D eigenvalue weighted by atomic mass is 9.91. The summed E-state index contributed by atoms with van der Waals surface area (Å²) >= 11 is 0. The van der Waals surface area contributed by atoms with E-state index in [0.717, 1.165) is 36.0 Å². The highest BCUT2D eigenvalue weighted by molar-refractivity contribution is 5.69. The smallest absolute Gasteiger partial charge is 0.305 e. The topological polar surface area (TPSA) is 65.0 Å². The molecule has 6 heteroatoms. The molecule has 4 atom stereocenters. The summed E-state index contributed by atoms with van der Waals surface area (Å²) in [6, 6.07) is 24.9. The van der Waals surface area contributed by atoms with Crippen LogP contribution in [0.5, 0.6) is 0 Å². The molecular weight excluding hydrogens is 507 g/mol. The van der Waals surface area contributed by atoms with Crippen LogP contribution in [0, 0.1) is 17.7 Å². The summed E-state index contributed by atoms with van der Waals surface area (Å²) in [5.74, 6) is -0.465. The lowest BCUT2D eigenvalue weighted by Crippen LogP contribution is -2.27. The van der Waals surface area contributed by atoms with Gasteiger partial charge in [-0.05, 0) is 59.6 Å². The van der Waals surface area contributed by atoms with Gasteiger partial charge in [-0.25, -0.2) is 4.39 Å². The first-order chi connectivity index (χ1) is 19.5. The van der Waals surface area contributed by atoms with Crippen LogP contribution in [0.3, 0.4) is 0 Å². The summed E-state index contributed by atoms with van der Waals surface area (Å²) < 4.78 is 30.3. The van der Waals surface area contributed by atoms with Crippen molar-refractivity contribution in [2.75, 3.05) is 13.7 Å². The van der Waals surface area contributed by atoms with E-state index in [0.29, 0.717) is 32.7 Å². The molecule has 0 saturated heterocycles. The van der Waals surface area contributed by atoms with Crippen LogP contribution in [0.4, 0.5) is 4.39 Å². The van der Waals surface area contributed by atoms with Crippen LogP contribution in [-0.2, 0) is 32.2 Å². The van der Waals surface area contributed by atoms with Gasteiger partial charge in [0.05, 0.1) is 39.1 Å². The van der Waals surface area contributed by atoms with Gasteiger partial charge in [0.25, 0.3) is 0 Å². The average molecular weight is 547 g/mol. The molecule has 0 bridgehead atoms. The van der Waals surface area contributed by atoms with Gasteiger partial charge >= 0.3 is 5.97 Å². The summed E-state index contributed by atoms with van der Waals surface area (Å²) in [4.78, 5) is 11.4. The molecule has 40 heavy (non-hydrogen) atoms. The van der Waals surface area contributed by atoms with Crippen molar-refractivity contribution in [3.8, 4) is 11.1 Å². The highest BCUT2D eigenvalue weighted by atomic mass is 19.1. The van der Waals surface area contributed by atoms with Crippen LogP contribution in [0.1, 0.15) is 43.2 Å². The summed E-state index contributed by atoms with van der Waals surface area (Å²) in [6.45, 7) is 1.22. The fraction of sp³-hybridized carbons (Fsp3) is 0.382. The van der Waals surface area contributed by atoms with Gasteiger partial charge in [-0.15, -0.1) is 0 Å². The number of halogens is 1. The van der Waals surface area contributed by atoms with Crippen molar-refractivity contribution in [2.45, 2.75) is 57.5 Å². The Morgan fingerprint density at radius 1 is 0.900 bits per heavy atom. The second kappa shape index (κ2) is 15.5. The fourth-order valence-corrected chi connectivity index (χ4v) is 5.26. The van der Waals surface area contributed by atoms with Crippen LogP contribution in [0.25, 0.3) is 11.1 Å². The third kappa shape index (κ3) is 8.85. The number of aliphatic hydroxyl groups excluding tert-OH is 1. The molecule has 1 saturated carbocycles. The number of rotatable bonds is 14. The first kappa shape index (κ1) is 29.7. The highest BCUT2D eigenvalue weighted by Crippen LogP contribution is 2.38. The summed E-state index contributed by atoms with van der Waals surface area (Å²) in [5, 5.41) is 11.0. The number of ether oxygens (including phenoxy) is 3. The largest absolute Gasteiger partial charge is 0.469 e. The maximum absolute atomic E-state index is 13.2. The Labute approximate surface area is 236 Å². The van der Waals surface area contributed by atoms with Gasteiger partial charge in [0.15, 0.2) is 0 Å². The van der Waals surface area contributed by atoms with E-state index in [1.807, 2.05) is 18.2 Å². The SMILES string of the molecule is COC(=O)CCCC=CC[C@@H]1[C@@H](COCc2ccc(F)cc2)[C@@H](O)C[C@@H]1OCc1ccc(-c2ccccc2)cc1. The average Bonchev–Trinajstić information content (AvgIpc) is 3.28. The standard InChI is InChI=1S/C34H39FO5/c1-38-34(37)12-8-3-2-7-11-30-31(24-39-22-25-15-19-29(35)20-16-25)32(36)21-33(30)40-23-26-13-17-28(18-14-26)27-9-5-4-6-10-27/h2,4-7,9-10,13-20,30-33,36H,3,8,11-12,21-24H2,1H3/t30-,31-,32+,33+/m1/s1. The zero-order valence-electron chi connectivity index (χ0n) is 23.1. The van der Waals surface area contributed by atoms with Gasteiger partial charge in [0.2, 0.25) is 0 Å². The van der Waals surface area contributed by atoms with E-state index in [1.54, 1.807) is 12.1 Å². The van der Waals surface area contributed by atoms with Crippen molar-refractivity contribution in [1.29, 1.82) is 0 Å². The summed E-state index contributed by atoms with van der Waals surface area (Å²) in [7, 11) is 1.40. The fourth-order valence-electron chi connectivity index (χ4n) is 5.26. The molecule has 0 aliphatic heterocycles. The van der Waals surface area contributed by atoms with E-state index in [2.05, 4.69) is 48.6 Å². The second-order valence-corrected chi connectivity index (χ2v) is 10.4. The monoisotopic (exact) mass is 546 g/mol. The molecular formula is C34H39FO5. The van der Waals surface area contributed by atoms with E-state index >= 15 is 0 Å². The molecule has 0 unspecified atom stereocenters. The molecule has 0 radical (unpaired) electrons. The van der Waals surface area contributed by atoms with Crippen LogP contribution in [-0.4, -0.2) is 37.0 Å². The van der Waals surface area contributed by atoms with Crippen LogP contribution in [0.15, 0.2) is 91.0 Å². The molecule has 1 fully saturated rings. The Morgan fingerprint density at radius 3 is 2.30 bits per heavy atom. The molecule has 0 heterocycles. The molecule has 0 spiro atoms. The Kier molecular flexibility index (Phi) is 11.5. The Balaban J connectivity index is 1.35. The van der Waals surface area contributed by atoms with Gasteiger partial charge < -0.3 is 19.3 Å². The van der Waals surface area contributed by atoms with Gasteiger partial charge in [-0.1, -0.05) is 78.9 Å². The third-order valence-corrected chi connectivity index (χ3v) is 7.57. The second-order valence-electron chi connectivity index (χ2n) is 10.4. The van der Waals surface area contributed by atoms with Crippen LogP contribution >= 0.6 is 0 Å². The quantitative estimate of drug-likeness (QED) is 0.136. The molecule has 4 rings (SSSR count). The van der Waals surface area contributed by atoms with Crippen molar-refractivity contribution >= 4 is 5.97 Å². The first-order valence-electron chi connectivity index (χ1n) is 14.0. The zero-order chi connectivity index (χ0) is 28.2. The Bertz CT molecular complexity index is 1190. The van der Waals surface area contributed by atoms with Crippen molar-refractivity contribution in [1.82, 2.24) is 0 Å². The number of unbranched alkanes of at least 4 members (excludes halogenated alkanes) is 1. The molecule has 212 valence electrons. The maximum Gasteiger partial charge on any atom is 0.305 e. The first-order valence-corrected chi connectivity index (χ1v) is 14.0. The number of benzene rings is 3. The van der Waals surface area contributed by atoms with Gasteiger partial charge in [-0.2, -0.15) is 0 Å². The van der Waals surface area contributed by atoms with E-state index in [-0.39, 0.29) is 29.7 Å². The van der Waals surface area contributed by atoms with E-state index < -0.39 is 6.10 Å². The minimum atomic E-state index is -0.531. The molecule has 3 aromatic rings. The van der Waals surface area contributed by atoms with E-state index in [1.165, 1.54) is 24.8 Å². The maximum atomic E-state index is 13.2. The number of aliphatic hydroxyl groups is 1. The Hall–Kier alpha value is -3.32. The molecule has 1 N–H and O–H groups in total. The number of hydrogen-bond acceptors (Lipinski definition) is 5. The van der Waals surface area contributed by atoms with Crippen molar-refractivity contribution in [3.05, 3.63) is 108 Å². The summed E-state index contributed by atoms with van der Waals surface area (Å²) in [5.41, 5.74) is 4.31. The normalized spacial score (nSPS) is 20.7. The molecule has 0 aromatic heterocycles. The number of esters is 1. The third-order valence-electron chi connectivity index (χ3n) is 7.57. The van der Waals surface area contributed by atoms with Gasteiger partial charge in [0.1, 0.15) is 5.82 Å². The van der Waals surface area contributed by atoms with Crippen LogP contribution in [0.2, 0.25) is 0 Å². The molecule has 1 aliphatic carbocycles. The van der Waals surface area contributed by atoms with Crippen molar-refractivity contribution in [2.24, 2.45) is 11.8 Å². The zero-order valence-corrected chi connectivity index (χ0v) is 23.1. The van der Waals surface area contributed by atoms with Crippen molar-refractivity contribution < 1.29 is 28.5 Å². The number of carbonyl (C=O) groups excluding carboxylic acids is 1. The predicted octanol–water partition coefficient (Wildman–Crippen LogP) is 6.88. The molecule has 1 aliphatic rings. The predicted molar refractivity (Wildman–Crippen MR) is 154 cm³/mol. The highest BCUT2D eigenvalue weighted by Gasteiger charge is 2.42. The summed E-state index contributed by atoms with van der Waals surface area (Å²) in [6.07, 6.45) is 6.79. The number of allylic oxidation sites excluding steroid dienone is 2. The van der Waals surface area contributed by atoms with Crippen molar-refractivity contribution in [3.63, 3.8) is 0 Å². The lowest BCUT2D eigenvalue weighted by Gasteiger charge is -2.25. The molecule has 5 nitrogen and oxygen atoms in total. The number of carbonyl (C=O) groups is 1. The van der Waals surface area contributed by atoms with Crippen LogP contribution < -0.4 is 0 Å². The molecule has 3 aromatic carbocycles. The lowest BCUT2D eigenvalue weighted by molar-refractivity contribution is -0.140. The van der Waals surface area contributed by atoms with E-state index in [9.17, 15) is 14.3 Å². The minimum absolute atomic E-state index is 0.0781. The van der Waals surface area contributed by atoms with E-state index in [4.69, 9.17) is 14.2 Å². The van der Waals surface area contributed by atoms with Gasteiger partial charge in [0, 0.05) is 18.8 Å². The minimum Gasteiger partial charge on any atom is -0.469 e. The number of methoxy groups -OCH3 is 1. The Morgan fingerprint density at radius 2 is 1.57 bits per heavy atom. The van der Waals surface area contributed by atoms with Gasteiger partial charge in [-0.3, -0.25) is 4.79 Å². The molecule has 0 amide bonds.